The fourth-order valence-electron chi connectivity index (χ4n) is 9.27. The Bertz CT molecular complexity index is 1610. The van der Waals surface area contributed by atoms with E-state index in [2.05, 4.69) is 98.9 Å². The summed E-state index contributed by atoms with van der Waals surface area (Å²) in [5.41, 5.74) is 0. The summed E-state index contributed by atoms with van der Waals surface area (Å²) < 4.78 is 34.4. The molecule has 2 saturated heterocycles. The first-order valence-corrected chi connectivity index (χ1v) is 30.7. The molecule has 0 aromatic heterocycles. The number of carbonyl (C=O) groups excluding carboxylic acids is 1. The molecule has 7 N–H and O–H groups in total. The highest BCUT2D eigenvalue weighted by Gasteiger charge is 2.47. The second kappa shape index (κ2) is 49.9. The van der Waals surface area contributed by atoms with Gasteiger partial charge in [0.25, 0.3) is 0 Å². The van der Waals surface area contributed by atoms with Crippen LogP contribution in [0, 0.1) is 0 Å². The summed E-state index contributed by atoms with van der Waals surface area (Å²) in [6.45, 7) is 3.48. The molecule has 0 aliphatic carbocycles. The molecule has 14 nitrogen and oxygen atoms in total. The molecule has 450 valence electrons. The number of aliphatic hydroxyl groups is 7. The molecule has 78 heavy (non-hydrogen) atoms. The molecule has 0 spiro atoms. The highest BCUT2D eigenvalue weighted by Crippen LogP contribution is 2.27. The van der Waals surface area contributed by atoms with Crippen molar-refractivity contribution in [3.8, 4) is 0 Å². The van der Waals surface area contributed by atoms with Crippen LogP contribution in [0.15, 0.2) is 85.1 Å². The Labute approximate surface area is 471 Å². The van der Waals surface area contributed by atoms with Crippen molar-refractivity contribution >= 4 is 5.97 Å². The lowest BCUT2D eigenvalue weighted by atomic mass is 9.98. The minimum Gasteiger partial charge on any atom is -0.457 e. The molecule has 11 atom stereocenters. The molecule has 2 fully saturated rings. The minimum atomic E-state index is -1.72. The van der Waals surface area contributed by atoms with Gasteiger partial charge in [-0.15, -0.1) is 0 Å². The number of aliphatic hydroxyl groups excluding tert-OH is 7. The summed E-state index contributed by atoms with van der Waals surface area (Å²) in [4.78, 5) is 13.1. The van der Waals surface area contributed by atoms with Crippen molar-refractivity contribution < 1.29 is 69.0 Å². The average molecular weight is 1100 g/mol. The van der Waals surface area contributed by atoms with Gasteiger partial charge in [-0.2, -0.15) is 0 Å². The second-order valence-corrected chi connectivity index (χ2v) is 21.2. The lowest BCUT2D eigenvalue weighted by Crippen LogP contribution is -2.61. The Kier molecular flexibility index (Phi) is 45.6. The molecular weight excluding hydrogens is 993 g/mol. The molecule has 0 amide bonds. The molecule has 0 aromatic carbocycles. The van der Waals surface area contributed by atoms with E-state index in [-0.39, 0.29) is 19.6 Å². The summed E-state index contributed by atoms with van der Waals surface area (Å²) in [5, 5.41) is 72.4. The smallest absolute Gasteiger partial charge is 0.306 e. The van der Waals surface area contributed by atoms with E-state index >= 15 is 0 Å². The Morgan fingerprint density at radius 2 is 0.833 bits per heavy atom. The number of esters is 1. The summed E-state index contributed by atoms with van der Waals surface area (Å²) in [7, 11) is 0. The van der Waals surface area contributed by atoms with Crippen LogP contribution in [-0.2, 0) is 33.2 Å². The van der Waals surface area contributed by atoms with Crippen LogP contribution in [0.25, 0.3) is 0 Å². The van der Waals surface area contributed by atoms with Crippen molar-refractivity contribution in [2.45, 2.75) is 280 Å². The minimum absolute atomic E-state index is 0.0289. The van der Waals surface area contributed by atoms with Crippen LogP contribution in [0.1, 0.15) is 213 Å². The van der Waals surface area contributed by atoms with Gasteiger partial charge in [-0.05, 0) is 70.6 Å². The van der Waals surface area contributed by atoms with Crippen LogP contribution in [0.4, 0.5) is 0 Å². The van der Waals surface area contributed by atoms with Gasteiger partial charge >= 0.3 is 5.97 Å². The Morgan fingerprint density at radius 3 is 1.28 bits per heavy atom. The molecular formula is C64H110O14. The summed E-state index contributed by atoms with van der Waals surface area (Å²) in [5.74, 6) is -0.391. The standard InChI is InChI=1S/C64H110O14/c1-3-5-7-9-11-13-15-17-19-21-23-25-26-27-28-30-32-34-36-38-40-42-44-46-48-73-50-53(76-56(66)47-45-43-41-39-37-35-33-31-29-24-22-20-18-16-14-12-10-8-6-4-2)51-74-63-62(72)60(70)58(68)55(78-63)52-75-64-61(71)59(69)57(67)54(49-65)77-64/h5,7,11,13,17,19,23,25,27-28,32,34,38,40,53-55,57-65,67-72H,3-4,6,8-10,12,14-16,18,20-22,24,26,29-31,33,35-37,39,41-52H2,1-2H3/b7-5-,13-11-,19-17-,25-23-,28-27-,34-32-,40-38-. The van der Waals surface area contributed by atoms with Gasteiger partial charge in [0, 0.05) is 13.0 Å². The summed E-state index contributed by atoms with van der Waals surface area (Å²) >= 11 is 0. The summed E-state index contributed by atoms with van der Waals surface area (Å²) in [6, 6.07) is 0. The molecule has 0 bridgehead atoms. The molecule has 0 saturated carbocycles. The van der Waals surface area contributed by atoms with E-state index in [0.29, 0.717) is 13.0 Å². The fraction of sp³-hybridized carbons (Fsp3) is 0.766. The third-order valence-electron chi connectivity index (χ3n) is 14.2. The van der Waals surface area contributed by atoms with Crippen molar-refractivity contribution in [2.75, 3.05) is 33.0 Å². The zero-order valence-corrected chi connectivity index (χ0v) is 48.4. The van der Waals surface area contributed by atoms with E-state index in [9.17, 15) is 40.5 Å². The number of carbonyl (C=O) groups is 1. The van der Waals surface area contributed by atoms with Gasteiger partial charge in [-0.1, -0.05) is 221 Å². The predicted octanol–water partition coefficient (Wildman–Crippen LogP) is 11.6. The van der Waals surface area contributed by atoms with Crippen LogP contribution in [-0.4, -0.2) is 142 Å². The average Bonchev–Trinajstić information content (AvgIpc) is 3.45. The fourth-order valence-corrected chi connectivity index (χ4v) is 9.27. The maximum Gasteiger partial charge on any atom is 0.306 e. The lowest BCUT2D eigenvalue weighted by Gasteiger charge is -2.42. The molecule has 2 aliphatic heterocycles. The second-order valence-electron chi connectivity index (χ2n) is 21.2. The van der Waals surface area contributed by atoms with Crippen molar-refractivity contribution in [2.24, 2.45) is 0 Å². The van der Waals surface area contributed by atoms with Gasteiger partial charge in [0.1, 0.15) is 54.9 Å². The topological polar surface area (TPSA) is 214 Å². The first-order chi connectivity index (χ1) is 38.1. The largest absolute Gasteiger partial charge is 0.457 e. The molecule has 14 heteroatoms. The quantitative estimate of drug-likeness (QED) is 0.0172. The Hall–Kier alpha value is -2.83. The highest BCUT2D eigenvalue weighted by atomic mass is 16.7. The zero-order valence-electron chi connectivity index (χ0n) is 48.4. The third-order valence-corrected chi connectivity index (χ3v) is 14.2. The zero-order chi connectivity index (χ0) is 56.5. The van der Waals surface area contributed by atoms with Crippen molar-refractivity contribution in [3.05, 3.63) is 85.1 Å². The number of hydrogen-bond acceptors (Lipinski definition) is 14. The van der Waals surface area contributed by atoms with E-state index in [0.717, 1.165) is 83.5 Å². The van der Waals surface area contributed by atoms with Crippen LogP contribution in [0.3, 0.4) is 0 Å². The van der Waals surface area contributed by atoms with E-state index in [4.69, 9.17) is 28.4 Å². The van der Waals surface area contributed by atoms with E-state index in [1.807, 2.05) is 0 Å². The maximum atomic E-state index is 13.1. The predicted molar refractivity (Wildman–Crippen MR) is 312 cm³/mol. The molecule has 2 rings (SSSR count). The molecule has 0 radical (unpaired) electrons. The van der Waals surface area contributed by atoms with E-state index < -0.39 is 86.7 Å². The number of hydrogen-bond donors (Lipinski definition) is 7. The van der Waals surface area contributed by atoms with Gasteiger partial charge in [-0.3, -0.25) is 4.79 Å². The van der Waals surface area contributed by atoms with Crippen molar-refractivity contribution in [1.29, 1.82) is 0 Å². The number of allylic oxidation sites excluding steroid dienone is 14. The normalized spacial score (nSPS) is 24.7. The van der Waals surface area contributed by atoms with Crippen LogP contribution >= 0.6 is 0 Å². The van der Waals surface area contributed by atoms with Crippen molar-refractivity contribution in [1.82, 2.24) is 0 Å². The van der Waals surface area contributed by atoms with E-state index in [1.54, 1.807) is 0 Å². The van der Waals surface area contributed by atoms with Crippen LogP contribution in [0.2, 0.25) is 0 Å². The highest BCUT2D eigenvalue weighted by molar-refractivity contribution is 5.69. The Balaban J connectivity index is 1.72. The maximum absolute atomic E-state index is 13.1. The van der Waals surface area contributed by atoms with Gasteiger partial charge in [-0.25, -0.2) is 0 Å². The summed E-state index contributed by atoms with van der Waals surface area (Å²) in [6.07, 6.45) is 49.3. The van der Waals surface area contributed by atoms with Crippen LogP contribution in [0.5, 0.6) is 0 Å². The van der Waals surface area contributed by atoms with Gasteiger partial charge in [0.05, 0.1) is 26.4 Å². The van der Waals surface area contributed by atoms with Crippen molar-refractivity contribution in [3.63, 3.8) is 0 Å². The molecule has 2 aliphatic rings. The van der Waals surface area contributed by atoms with Gasteiger partial charge in [0.2, 0.25) is 0 Å². The Morgan fingerprint density at radius 1 is 0.436 bits per heavy atom. The number of rotatable bonds is 49. The number of ether oxygens (including phenoxy) is 6. The SMILES string of the molecule is CC/C=C\C/C=C\C/C=C\C/C=C\C/C=C\C/C=C\C/C=C\CCCCOCC(COC1OC(COC2OC(CO)C(O)C(O)C2O)C(O)C(O)C1O)OC(=O)CCCCCCCCCCCCCCCCCCCCCC. The van der Waals surface area contributed by atoms with Crippen LogP contribution < -0.4 is 0 Å². The third kappa shape index (κ3) is 35.8. The van der Waals surface area contributed by atoms with E-state index in [1.165, 1.54) is 103 Å². The first kappa shape index (κ1) is 71.3. The monoisotopic (exact) mass is 1100 g/mol. The van der Waals surface area contributed by atoms with Gasteiger partial charge < -0.3 is 64.2 Å². The molecule has 0 aromatic rings. The first-order valence-electron chi connectivity index (χ1n) is 30.7. The lowest BCUT2D eigenvalue weighted by molar-refractivity contribution is -0.332. The molecule has 11 unspecified atom stereocenters. The number of unbranched alkanes of at least 4 members (excludes halogenated alkanes) is 21. The molecule has 2 heterocycles. The van der Waals surface area contributed by atoms with Gasteiger partial charge in [0.15, 0.2) is 12.6 Å².